The van der Waals surface area contributed by atoms with Crippen LogP contribution in [0.4, 0.5) is 0 Å². The summed E-state index contributed by atoms with van der Waals surface area (Å²) in [6.45, 7) is 1.11. The molecule has 2 heterocycles. The molecule has 0 saturated carbocycles. The highest BCUT2D eigenvalue weighted by Crippen LogP contribution is 2.28. The van der Waals surface area contributed by atoms with Gasteiger partial charge in [-0.2, -0.15) is 0 Å². The highest BCUT2D eigenvalue weighted by atomic mass is 16.7. The van der Waals surface area contributed by atoms with Crippen LogP contribution in [-0.4, -0.2) is 46.7 Å². The number of amides is 3. The van der Waals surface area contributed by atoms with Crippen LogP contribution in [0.25, 0.3) is 0 Å². The van der Waals surface area contributed by atoms with Crippen LogP contribution in [-0.2, 0) is 24.0 Å². The zero-order valence-corrected chi connectivity index (χ0v) is 9.95. The molecule has 96 valence electrons. The van der Waals surface area contributed by atoms with Gasteiger partial charge in [-0.15, -0.1) is 5.06 Å². The van der Waals surface area contributed by atoms with Gasteiger partial charge in [0.05, 0.1) is 12.0 Å². The Morgan fingerprint density at radius 2 is 2.06 bits per heavy atom. The first-order chi connectivity index (χ1) is 8.41. The van der Waals surface area contributed by atoms with Gasteiger partial charge >= 0.3 is 5.97 Å². The monoisotopic (exact) mass is 252 g/mol. The van der Waals surface area contributed by atoms with Crippen molar-refractivity contribution in [2.45, 2.75) is 19.4 Å². The topological polar surface area (TPSA) is 84.0 Å². The van der Waals surface area contributed by atoms with E-state index in [9.17, 15) is 19.2 Å². The average Bonchev–Trinajstić information content (AvgIpc) is 2.74. The van der Waals surface area contributed by atoms with Gasteiger partial charge in [-0.25, -0.2) is 4.79 Å². The minimum atomic E-state index is -0.733. The van der Waals surface area contributed by atoms with Crippen LogP contribution >= 0.6 is 0 Å². The highest BCUT2D eigenvalue weighted by molar-refractivity contribution is 6.04. The molecule has 7 heteroatoms. The molecule has 0 bridgehead atoms. The number of hydroxylamine groups is 2. The molecule has 0 spiro atoms. The van der Waals surface area contributed by atoms with E-state index in [1.54, 1.807) is 13.1 Å². The van der Waals surface area contributed by atoms with E-state index in [1.165, 1.54) is 11.0 Å². The van der Waals surface area contributed by atoms with Crippen molar-refractivity contribution in [3.8, 4) is 0 Å². The van der Waals surface area contributed by atoms with Crippen LogP contribution in [0, 0.1) is 5.92 Å². The predicted octanol–water partition coefficient (Wildman–Crippen LogP) is -0.764. The second-order valence-corrected chi connectivity index (χ2v) is 4.22. The third-order valence-electron chi connectivity index (χ3n) is 3.00. The maximum absolute atomic E-state index is 11.9. The molecule has 0 aromatic carbocycles. The van der Waals surface area contributed by atoms with Crippen molar-refractivity contribution in [3.63, 3.8) is 0 Å². The summed E-state index contributed by atoms with van der Waals surface area (Å²) in [5.74, 6) is -2.80. The lowest BCUT2D eigenvalue weighted by Crippen LogP contribution is -2.40. The molecular weight excluding hydrogens is 240 g/mol. The standard InChI is InChI=1S/C11H12N2O5/c1-6(14)18-13-10(16)5-7(11(13)17)8-3-4-9(15)12(8)2/h3-4,7-8H,5H2,1-2H3. The molecule has 2 rings (SSSR count). The summed E-state index contributed by atoms with van der Waals surface area (Å²) in [6.07, 6.45) is 2.87. The van der Waals surface area contributed by atoms with Gasteiger partial charge in [0.15, 0.2) is 0 Å². The fourth-order valence-corrected chi connectivity index (χ4v) is 2.10. The summed E-state index contributed by atoms with van der Waals surface area (Å²) in [7, 11) is 1.55. The van der Waals surface area contributed by atoms with Crippen LogP contribution in [0.15, 0.2) is 12.2 Å². The minimum Gasteiger partial charge on any atom is -0.335 e. The molecule has 3 amide bonds. The van der Waals surface area contributed by atoms with Crippen molar-refractivity contribution < 1.29 is 24.0 Å². The number of nitrogens with zero attached hydrogens (tertiary/aromatic N) is 2. The quantitative estimate of drug-likeness (QED) is 0.603. The Morgan fingerprint density at radius 1 is 1.39 bits per heavy atom. The molecule has 2 unspecified atom stereocenters. The predicted molar refractivity (Wildman–Crippen MR) is 57.4 cm³/mol. The minimum absolute atomic E-state index is 0.0707. The van der Waals surface area contributed by atoms with Crippen LogP contribution < -0.4 is 0 Å². The average molecular weight is 252 g/mol. The molecule has 0 aromatic rings. The Bertz CT molecular complexity index is 470. The molecule has 0 radical (unpaired) electrons. The summed E-state index contributed by atoms with van der Waals surface area (Å²) < 4.78 is 0. The smallest absolute Gasteiger partial charge is 0.330 e. The molecule has 1 fully saturated rings. The Morgan fingerprint density at radius 3 is 2.56 bits per heavy atom. The molecule has 2 aliphatic heterocycles. The van der Waals surface area contributed by atoms with E-state index in [0.717, 1.165) is 6.92 Å². The van der Waals surface area contributed by atoms with Gasteiger partial charge in [0.2, 0.25) is 5.91 Å². The second kappa shape index (κ2) is 4.25. The van der Waals surface area contributed by atoms with E-state index < -0.39 is 29.7 Å². The van der Waals surface area contributed by atoms with Crippen LogP contribution in [0.5, 0.6) is 0 Å². The van der Waals surface area contributed by atoms with E-state index in [1.807, 2.05) is 0 Å². The van der Waals surface area contributed by atoms with Gasteiger partial charge in [0, 0.05) is 26.5 Å². The maximum atomic E-state index is 11.9. The van der Waals surface area contributed by atoms with Crippen LogP contribution in [0.2, 0.25) is 0 Å². The summed E-state index contributed by atoms with van der Waals surface area (Å²) in [5, 5.41) is 0.484. The van der Waals surface area contributed by atoms with E-state index in [4.69, 9.17) is 0 Å². The molecule has 1 saturated heterocycles. The van der Waals surface area contributed by atoms with Crippen LogP contribution in [0.3, 0.4) is 0 Å². The first kappa shape index (κ1) is 12.3. The van der Waals surface area contributed by atoms with Crippen molar-refractivity contribution in [1.82, 2.24) is 9.96 Å². The van der Waals surface area contributed by atoms with Crippen molar-refractivity contribution in [3.05, 3.63) is 12.2 Å². The van der Waals surface area contributed by atoms with E-state index >= 15 is 0 Å². The molecule has 2 aliphatic rings. The lowest BCUT2D eigenvalue weighted by atomic mass is 9.98. The van der Waals surface area contributed by atoms with Gasteiger partial charge in [-0.1, -0.05) is 6.08 Å². The summed E-state index contributed by atoms with van der Waals surface area (Å²) in [6, 6.07) is -0.463. The Hall–Kier alpha value is -2.18. The van der Waals surface area contributed by atoms with E-state index in [0.29, 0.717) is 5.06 Å². The highest BCUT2D eigenvalue weighted by Gasteiger charge is 2.47. The maximum Gasteiger partial charge on any atom is 0.330 e. The Labute approximate surface area is 103 Å². The fraction of sp³-hybridized carbons (Fsp3) is 0.455. The molecular formula is C11H12N2O5. The largest absolute Gasteiger partial charge is 0.335 e. The zero-order chi connectivity index (χ0) is 13.4. The van der Waals surface area contributed by atoms with Crippen molar-refractivity contribution in [2.75, 3.05) is 7.05 Å². The number of likely N-dealkylation sites (N-methyl/N-ethyl adjacent to an activating group) is 1. The summed E-state index contributed by atoms with van der Waals surface area (Å²) >= 11 is 0. The Balaban J connectivity index is 2.16. The molecule has 7 nitrogen and oxygen atoms in total. The zero-order valence-electron chi connectivity index (χ0n) is 9.95. The van der Waals surface area contributed by atoms with Crippen molar-refractivity contribution in [2.24, 2.45) is 5.92 Å². The lowest BCUT2D eigenvalue weighted by molar-refractivity contribution is -0.196. The van der Waals surface area contributed by atoms with Gasteiger partial charge in [0.25, 0.3) is 11.8 Å². The molecule has 18 heavy (non-hydrogen) atoms. The molecule has 0 aromatic heterocycles. The number of imide groups is 1. The summed E-state index contributed by atoms with van der Waals surface area (Å²) in [5.41, 5.74) is 0. The van der Waals surface area contributed by atoms with E-state index in [-0.39, 0.29) is 12.3 Å². The first-order valence-corrected chi connectivity index (χ1v) is 5.42. The molecule has 0 aliphatic carbocycles. The third-order valence-corrected chi connectivity index (χ3v) is 3.00. The number of hydrogen-bond acceptors (Lipinski definition) is 5. The van der Waals surface area contributed by atoms with Gasteiger partial charge in [-0.3, -0.25) is 14.4 Å². The second-order valence-electron chi connectivity index (χ2n) is 4.22. The number of carbonyl (C=O) groups is 4. The Kier molecular flexibility index (Phi) is 2.90. The van der Waals surface area contributed by atoms with Crippen LogP contribution in [0.1, 0.15) is 13.3 Å². The van der Waals surface area contributed by atoms with Gasteiger partial charge in [0.1, 0.15) is 0 Å². The van der Waals surface area contributed by atoms with Gasteiger partial charge < -0.3 is 9.74 Å². The van der Waals surface area contributed by atoms with Crippen molar-refractivity contribution in [1.29, 1.82) is 0 Å². The van der Waals surface area contributed by atoms with E-state index in [2.05, 4.69) is 4.84 Å². The third kappa shape index (κ3) is 1.87. The first-order valence-electron chi connectivity index (χ1n) is 5.42. The summed E-state index contributed by atoms with van der Waals surface area (Å²) in [4.78, 5) is 51.6. The van der Waals surface area contributed by atoms with Crippen molar-refractivity contribution >= 4 is 23.7 Å². The number of rotatable bonds is 2. The fourth-order valence-electron chi connectivity index (χ4n) is 2.10. The normalized spacial score (nSPS) is 27.3. The van der Waals surface area contributed by atoms with Gasteiger partial charge in [-0.05, 0) is 0 Å². The number of carbonyl (C=O) groups excluding carboxylic acids is 4. The lowest BCUT2D eigenvalue weighted by Gasteiger charge is -2.23. The SMILES string of the molecule is CC(=O)ON1C(=O)CC(C2C=CC(=O)N2C)C1=O. The molecule has 0 N–H and O–H groups in total. The number of hydrogen-bond donors (Lipinski definition) is 0. The molecule has 2 atom stereocenters.